The van der Waals surface area contributed by atoms with Crippen molar-refractivity contribution in [2.45, 2.75) is 12.8 Å². The van der Waals surface area contributed by atoms with Crippen molar-refractivity contribution in [3.63, 3.8) is 0 Å². The SMILES string of the molecule is Fc1ccc(-c2c(Cl)nc(N3CCCC3)nc2Cl)cc1. The second-order valence-electron chi connectivity index (χ2n) is 4.68. The number of hydrogen-bond acceptors (Lipinski definition) is 3. The van der Waals surface area contributed by atoms with Crippen LogP contribution in [0.2, 0.25) is 10.3 Å². The summed E-state index contributed by atoms with van der Waals surface area (Å²) in [5.41, 5.74) is 1.24. The lowest BCUT2D eigenvalue weighted by Gasteiger charge is -2.16. The van der Waals surface area contributed by atoms with E-state index in [1.54, 1.807) is 12.1 Å². The Labute approximate surface area is 126 Å². The standard InChI is InChI=1S/C14H12Cl2FN3/c15-12-11(9-3-5-10(17)6-4-9)13(16)19-14(18-12)20-7-1-2-8-20/h3-6H,1-2,7-8H2. The Morgan fingerprint density at radius 1 is 0.950 bits per heavy atom. The molecule has 1 aliphatic heterocycles. The van der Waals surface area contributed by atoms with Crippen LogP contribution in [0.3, 0.4) is 0 Å². The van der Waals surface area contributed by atoms with Crippen molar-refractivity contribution in [2.75, 3.05) is 18.0 Å². The Hall–Kier alpha value is -1.39. The van der Waals surface area contributed by atoms with Gasteiger partial charge in [-0.15, -0.1) is 0 Å². The summed E-state index contributed by atoms with van der Waals surface area (Å²) < 4.78 is 13.0. The fraction of sp³-hybridized carbons (Fsp3) is 0.286. The molecule has 0 N–H and O–H groups in total. The zero-order chi connectivity index (χ0) is 14.1. The molecule has 0 radical (unpaired) electrons. The Balaban J connectivity index is 2.02. The summed E-state index contributed by atoms with van der Waals surface area (Å²) in [5, 5.41) is 0.581. The molecule has 1 saturated heterocycles. The Morgan fingerprint density at radius 3 is 2.05 bits per heavy atom. The second kappa shape index (κ2) is 5.54. The van der Waals surface area contributed by atoms with E-state index < -0.39 is 0 Å². The number of nitrogens with zero attached hydrogens (tertiary/aromatic N) is 3. The van der Waals surface area contributed by atoms with E-state index >= 15 is 0 Å². The molecule has 0 unspecified atom stereocenters. The quantitative estimate of drug-likeness (QED) is 0.779. The van der Waals surface area contributed by atoms with E-state index in [4.69, 9.17) is 23.2 Å². The van der Waals surface area contributed by atoms with Crippen LogP contribution in [-0.2, 0) is 0 Å². The predicted molar refractivity (Wildman–Crippen MR) is 78.9 cm³/mol. The summed E-state index contributed by atoms with van der Waals surface area (Å²) in [6.07, 6.45) is 2.25. The highest BCUT2D eigenvalue weighted by Crippen LogP contribution is 2.34. The molecule has 0 amide bonds. The molecule has 2 heterocycles. The normalized spacial score (nSPS) is 14.8. The highest BCUT2D eigenvalue weighted by Gasteiger charge is 2.19. The molecule has 1 aromatic heterocycles. The first-order valence-corrected chi connectivity index (χ1v) is 7.14. The van der Waals surface area contributed by atoms with Crippen LogP contribution >= 0.6 is 23.2 Å². The van der Waals surface area contributed by atoms with Crippen molar-refractivity contribution in [1.82, 2.24) is 9.97 Å². The van der Waals surface area contributed by atoms with Gasteiger partial charge in [0, 0.05) is 13.1 Å². The largest absolute Gasteiger partial charge is 0.341 e. The average Bonchev–Trinajstić information content (AvgIpc) is 2.94. The van der Waals surface area contributed by atoms with Crippen molar-refractivity contribution in [3.05, 3.63) is 40.4 Å². The molecule has 0 spiro atoms. The topological polar surface area (TPSA) is 29.0 Å². The Morgan fingerprint density at radius 2 is 1.50 bits per heavy atom. The van der Waals surface area contributed by atoms with Gasteiger partial charge in [0.25, 0.3) is 0 Å². The van der Waals surface area contributed by atoms with E-state index in [0.29, 0.717) is 27.4 Å². The third kappa shape index (κ3) is 2.58. The van der Waals surface area contributed by atoms with Crippen molar-refractivity contribution < 1.29 is 4.39 Å². The zero-order valence-electron chi connectivity index (χ0n) is 10.6. The van der Waals surface area contributed by atoms with Crippen LogP contribution in [0.15, 0.2) is 24.3 Å². The van der Waals surface area contributed by atoms with Crippen molar-refractivity contribution in [1.29, 1.82) is 0 Å². The maximum absolute atomic E-state index is 13.0. The summed E-state index contributed by atoms with van der Waals surface area (Å²) in [6.45, 7) is 1.84. The first kappa shape index (κ1) is 13.6. The van der Waals surface area contributed by atoms with Crippen molar-refractivity contribution >= 4 is 29.2 Å². The molecule has 0 bridgehead atoms. The summed E-state index contributed by atoms with van der Waals surface area (Å²) in [7, 11) is 0. The molecule has 1 fully saturated rings. The van der Waals surface area contributed by atoms with Gasteiger partial charge in [-0.05, 0) is 30.5 Å². The minimum atomic E-state index is -0.310. The van der Waals surface area contributed by atoms with E-state index in [-0.39, 0.29) is 5.82 Å². The first-order chi connectivity index (χ1) is 9.65. The van der Waals surface area contributed by atoms with Crippen LogP contribution in [0.4, 0.5) is 10.3 Å². The van der Waals surface area contributed by atoms with E-state index in [0.717, 1.165) is 25.9 Å². The van der Waals surface area contributed by atoms with Gasteiger partial charge >= 0.3 is 0 Å². The summed E-state index contributed by atoms with van der Waals surface area (Å²) in [5.74, 6) is 0.249. The molecule has 104 valence electrons. The summed E-state index contributed by atoms with van der Waals surface area (Å²) in [6, 6.07) is 5.94. The van der Waals surface area contributed by atoms with Crippen LogP contribution in [-0.4, -0.2) is 23.1 Å². The fourth-order valence-electron chi connectivity index (χ4n) is 2.31. The number of benzene rings is 1. The molecule has 0 atom stereocenters. The fourth-order valence-corrected chi connectivity index (χ4v) is 2.91. The smallest absolute Gasteiger partial charge is 0.228 e. The highest BCUT2D eigenvalue weighted by atomic mass is 35.5. The zero-order valence-corrected chi connectivity index (χ0v) is 12.1. The summed E-state index contributed by atoms with van der Waals surface area (Å²) in [4.78, 5) is 10.7. The predicted octanol–water partition coefficient (Wildman–Crippen LogP) is 4.19. The molecule has 1 aliphatic rings. The molecular weight excluding hydrogens is 300 g/mol. The second-order valence-corrected chi connectivity index (χ2v) is 5.40. The molecule has 6 heteroatoms. The van der Waals surface area contributed by atoms with Gasteiger partial charge in [-0.3, -0.25) is 0 Å². The van der Waals surface area contributed by atoms with E-state index in [1.165, 1.54) is 12.1 Å². The molecule has 0 aliphatic carbocycles. The number of halogens is 3. The molecule has 3 rings (SSSR count). The van der Waals surface area contributed by atoms with Gasteiger partial charge in [0.2, 0.25) is 5.95 Å². The third-order valence-corrected chi connectivity index (χ3v) is 3.88. The van der Waals surface area contributed by atoms with Crippen LogP contribution in [0.1, 0.15) is 12.8 Å². The molecule has 20 heavy (non-hydrogen) atoms. The van der Waals surface area contributed by atoms with E-state index in [9.17, 15) is 4.39 Å². The monoisotopic (exact) mass is 311 g/mol. The maximum Gasteiger partial charge on any atom is 0.228 e. The Kier molecular flexibility index (Phi) is 3.76. The average molecular weight is 312 g/mol. The molecule has 3 nitrogen and oxygen atoms in total. The van der Waals surface area contributed by atoms with Crippen LogP contribution < -0.4 is 4.90 Å². The minimum Gasteiger partial charge on any atom is -0.341 e. The van der Waals surface area contributed by atoms with Crippen LogP contribution in [0, 0.1) is 5.82 Å². The first-order valence-electron chi connectivity index (χ1n) is 6.39. The lowest BCUT2D eigenvalue weighted by Crippen LogP contribution is -2.20. The number of rotatable bonds is 2. The lowest BCUT2D eigenvalue weighted by molar-refractivity contribution is 0.628. The Bertz CT molecular complexity index is 602. The van der Waals surface area contributed by atoms with E-state index in [1.807, 2.05) is 0 Å². The minimum absolute atomic E-state index is 0.290. The van der Waals surface area contributed by atoms with Crippen LogP contribution in [0.5, 0.6) is 0 Å². The van der Waals surface area contributed by atoms with Gasteiger partial charge in [-0.25, -0.2) is 14.4 Å². The molecule has 0 saturated carbocycles. The highest BCUT2D eigenvalue weighted by molar-refractivity contribution is 6.37. The molecular formula is C14H12Cl2FN3. The third-order valence-electron chi connectivity index (χ3n) is 3.33. The van der Waals surface area contributed by atoms with Gasteiger partial charge in [0.15, 0.2) is 0 Å². The van der Waals surface area contributed by atoms with Gasteiger partial charge < -0.3 is 4.90 Å². The number of anilines is 1. The lowest BCUT2D eigenvalue weighted by atomic mass is 10.1. The van der Waals surface area contributed by atoms with E-state index in [2.05, 4.69) is 14.9 Å². The van der Waals surface area contributed by atoms with Crippen molar-refractivity contribution in [3.8, 4) is 11.1 Å². The van der Waals surface area contributed by atoms with Crippen molar-refractivity contribution in [2.24, 2.45) is 0 Å². The number of aromatic nitrogens is 2. The number of hydrogen-bond donors (Lipinski definition) is 0. The van der Waals surface area contributed by atoms with Gasteiger partial charge in [-0.2, -0.15) is 0 Å². The van der Waals surface area contributed by atoms with Crippen LogP contribution in [0.25, 0.3) is 11.1 Å². The molecule has 1 aromatic carbocycles. The summed E-state index contributed by atoms with van der Waals surface area (Å²) >= 11 is 12.5. The van der Waals surface area contributed by atoms with Gasteiger partial charge in [-0.1, -0.05) is 35.3 Å². The maximum atomic E-state index is 13.0. The van der Waals surface area contributed by atoms with Gasteiger partial charge in [0.1, 0.15) is 16.1 Å². The molecule has 2 aromatic rings. The van der Waals surface area contributed by atoms with Gasteiger partial charge in [0.05, 0.1) is 5.56 Å².